The lowest BCUT2D eigenvalue weighted by molar-refractivity contribution is -0.0575. The number of nitrogens with zero attached hydrogens (tertiary/aromatic N) is 3. The molecule has 1 saturated heterocycles. The molecule has 2 aliphatic carbocycles. The summed E-state index contributed by atoms with van der Waals surface area (Å²) in [7, 11) is 0. The number of fused-ring (bicyclic) bond motifs is 1. The topological polar surface area (TPSA) is 65.1 Å². The molecule has 0 bridgehead atoms. The van der Waals surface area contributed by atoms with E-state index in [1.807, 2.05) is 12.3 Å². The average molecular weight is 503 g/mol. The van der Waals surface area contributed by atoms with E-state index in [1.165, 1.54) is 58.2 Å². The summed E-state index contributed by atoms with van der Waals surface area (Å²) in [5.74, 6) is 3.16. The Bertz CT molecular complexity index is 1060. The summed E-state index contributed by atoms with van der Waals surface area (Å²) in [5, 5.41) is 10.7. The van der Waals surface area contributed by atoms with Crippen LogP contribution in [-0.2, 0) is 0 Å². The maximum absolute atomic E-state index is 4.79. The van der Waals surface area contributed by atoms with Gasteiger partial charge in [-0.05, 0) is 112 Å². The van der Waals surface area contributed by atoms with Gasteiger partial charge in [0, 0.05) is 30.2 Å². The number of likely N-dealkylation sites (tertiary alicyclic amines) is 1. The first-order chi connectivity index (χ1) is 17.9. The van der Waals surface area contributed by atoms with Crippen LogP contribution in [0, 0.1) is 23.2 Å². The quantitative estimate of drug-likeness (QED) is 0.321. The highest BCUT2D eigenvalue weighted by molar-refractivity contribution is 5.63. The molecular weight excluding hydrogens is 456 g/mol. The molecule has 3 N–H and O–H groups in total. The van der Waals surface area contributed by atoms with Gasteiger partial charge in [-0.2, -0.15) is 0 Å². The highest BCUT2D eigenvalue weighted by Gasteiger charge is 2.52. The van der Waals surface area contributed by atoms with Crippen molar-refractivity contribution in [1.29, 1.82) is 0 Å². The van der Waals surface area contributed by atoms with Crippen LogP contribution in [0.5, 0.6) is 0 Å². The zero-order chi connectivity index (χ0) is 25.8. The number of nitrogens with one attached hydrogen (secondary N) is 3. The van der Waals surface area contributed by atoms with Crippen molar-refractivity contribution in [3.05, 3.63) is 48.8 Å². The Kier molecular flexibility index (Phi) is 8.04. The zero-order valence-electron chi connectivity index (χ0n) is 23.1. The summed E-state index contributed by atoms with van der Waals surface area (Å²) in [4.78, 5) is 11.9. The maximum Gasteiger partial charge on any atom is 0.227 e. The van der Waals surface area contributed by atoms with Gasteiger partial charge in [-0.15, -0.1) is 0 Å². The Morgan fingerprint density at radius 2 is 1.89 bits per heavy atom. The highest BCUT2D eigenvalue weighted by atomic mass is 15.1. The van der Waals surface area contributed by atoms with Gasteiger partial charge in [0.25, 0.3) is 0 Å². The molecule has 6 heteroatoms. The predicted molar refractivity (Wildman–Crippen MR) is 155 cm³/mol. The molecule has 2 aromatic rings. The van der Waals surface area contributed by atoms with Gasteiger partial charge >= 0.3 is 0 Å². The van der Waals surface area contributed by atoms with E-state index in [9.17, 15) is 0 Å². The largest absolute Gasteiger partial charge is 0.385 e. The smallest absolute Gasteiger partial charge is 0.227 e. The third-order valence-electron chi connectivity index (χ3n) is 9.52. The molecule has 1 aromatic heterocycles. The molecule has 6 nitrogen and oxygen atoms in total. The Hall–Kier alpha value is -2.60. The second-order valence-electron chi connectivity index (χ2n) is 12.2. The minimum Gasteiger partial charge on any atom is -0.385 e. The van der Waals surface area contributed by atoms with Crippen molar-refractivity contribution in [1.82, 2.24) is 20.2 Å². The summed E-state index contributed by atoms with van der Waals surface area (Å²) >= 11 is 0. The number of hydrogen-bond donors (Lipinski definition) is 3. The molecule has 5 rings (SSSR count). The lowest BCUT2D eigenvalue weighted by Crippen LogP contribution is -2.57. The third-order valence-corrected chi connectivity index (χ3v) is 9.52. The number of rotatable bonds is 10. The van der Waals surface area contributed by atoms with Gasteiger partial charge in [0.2, 0.25) is 5.95 Å². The zero-order valence-corrected chi connectivity index (χ0v) is 23.1. The van der Waals surface area contributed by atoms with Crippen LogP contribution in [-0.4, -0.2) is 47.1 Å². The monoisotopic (exact) mass is 502 g/mol. The van der Waals surface area contributed by atoms with Crippen molar-refractivity contribution in [2.45, 2.75) is 71.8 Å². The average Bonchev–Trinajstić information content (AvgIpc) is 2.88. The van der Waals surface area contributed by atoms with E-state index < -0.39 is 0 Å². The molecule has 3 fully saturated rings. The Morgan fingerprint density at radius 1 is 1.08 bits per heavy atom. The molecule has 3 aliphatic rings. The molecule has 0 radical (unpaired) electrons. The minimum absolute atomic E-state index is 0.383. The molecule has 0 amide bonds. The fourth-order valence-corrected chi connectivity index (χ4v) is 6.86. The van der Waals surface area contributed by atoms with Crippen molar-refractivity contribution < 1.29 is 0 Å². The first-order valence-electron chi connectivity index (χ1n) is 14.5. The van der Waals surface area contributed by atoms with E-state index in [-0.39, 0.29) is 0 Å². The third kappa shape index (κ3) is 6.11. The van der Waals surface area contributed by atoms with Crippen LogP contribution in [0.2, 0.25) is 0 Å². The SMILES string of the molecule is C=C(NC1CCC(C)C2CCC12C)c1ccnc(Nc2cccc(NCCCN3CCC(C)CC3)c2)n1. The summed E-state index contributed by atoms with van der Waals surface area (Å²) in [5.41, 5.74) is 4.24. The molecule has 200 valence electrons. The summed E-state index contributed by atoms with van der Waals surface area (Å²) < 4.78 is 0. The molecule has 37 heavy (non-hydrogen) atoms. The van der Waals surface area contributed by atoms with Gasteiger partial charge in [0.05, 0.1) is 11.4 Å². The van der Waals surface area contributed by atoms with Crippen LogP contribution in [0.15, 0.2) is 43.1 Å². The lowest BCUT2D eigenvalue weighted by atomic mass is 9.49. The van der Waals surface area contributed by atoms with Crippen LogP contribution in [0.1, 0.15) is 71.4 Å². The summed E-state index contributed by atoms with van der Waals surface area (Å²) in [6, 6.07) is 10.8. The number of piperidine rings is 1. The lowest BCUT2D eigenvalue weighted by Gasteiger charge is -2.58. The van der Waals surface area contributed by atoms with Gasteiger partial charge < -0.3 is 20.9 Å². The first kappa shape index (κ1) is 26.0. The van der Waals surface area contributed by atoms with E-state index in [0.29, 0.717) is 17.4 Å². The molecule has 1 aromatic carbocycles. The normalized spacial score (nSPS) is 28.1. The minimum atomic E-state index is 0.383. The number of anilines is 3. The van der Waals surface area contributed by atoms with Gasteiger partial charge in [0.1, 0.15) is 0 Å². The highest BCUT2D eigenvalue weighted by Crippen LogP contribution is 2.57. The number of benzene rings is 1. The van der Waals surface area contributed by atoms with Gasteiger partial charge in [-0.3, -0.25) is 0 Å². The Morgan fingerprint density at radius 3 is 2.68 bits per heavy atom. The molecule has 2 heterocycles. The van der Waals surface area contributed by atoms with Crippen molar-refractivity contribution in [2.24, 2.45) is 23.2 Å². The van der Waals surface area contributed by atoms with E-state index in [1.54, 1.807) is 0 Å². The van der Waals surface area contributed by atoms with Crippen LogP contribution < -0.4 is 16.0 Å². The number of hydrogen-bond acceptors (Lipinski definition) is 6. The van der Waals surface area contributed by atoms with Crippen molar-refractivity contribution in [2.75, 3.05) is 36.8 Å². The molecule has 4 atom stereocenters. The first-order valence-corrected chi connectivity index (χ1v) is 14.5. The predicted octanol–water partition coefficient (Wildman–Crippen LogP) is 6.53. The van der Waals surface area contributed by atoms with E-state index in [2.05, 4.69) is 77.4 Å². The van der Waals surface area contributed by atoms with Crippen molar-refractivity contribution in [3.63, 3.8) is 0 Å². The second-order valence-corrected chi connectivity index (χ2v) is 12.2. The summed E-state index contributed by atoms with van der Waals surface area (Å²) in [6.45, 7) is 16.3. The van der Waals surface area contributed by atoms with Crippen LogP contribution in [0.3, 0.4) is 0 Å². The van der Waals surface area contributed by atoms with E-state index in [4.69, 9.17) is 4.98 Å². The fourth-order valence-electron chi connectivity index (χ4n) is 6.86. The van der Waals surface area contributed by atoms with Gasteiger partial charge in [0.15, 0.2) is 0 Å². The fraction of sp³-hybridized carbons (Fsp3) is 0.613. The molecule has 2 saturated carbocycles. The maximum atomic E-state index is 4.79. The molecular formula is C31H46N6. The Labute approximate surface area is 223 Å². The van der Waals surface area contributed by atoms with Crippen LogP contribution >= 0.6 is 0 Å². The van der Waals surface area contributed by atoms with Gasteiger partial charge in [-0.1, -0.05) is 33.4 Å². The molecule has 0 spiro atoms. The van der Waals surface area contributed by atoms with Crippen molar-refractivity contribution >= 4 is 23.0 Å². The Balaban J connectivity index is 1.13. The van der Waals surface area contributed by atoms with Crippen LogP contribution in [0.4, 0.5) is 17.3 Å². The van der Waals surface area contributed by atoms with Crippen LogP contribution in [0.25, 0.3) is 5.70 Å². The molecule has 4 unspecified atom stereocenters. The number of aromatic nitrogens is 2. The standard InChI is InChI=1S/C31H46N6/c1-22-13-19-37(20-14-22)18-6-16-32-25-7-5-8-26(21-25)35-30-33-17-12-28(36-30)24(3)34-29-10-9-23(2)27-11-15-31(27,29)4/h5,7-8,12,17,21-23,27,29,32,34H,3,6,9-11,13-16,18-20H2,1-2,4H3,(H,33,35,36). The van der Waals surface area contributed by atoms with E-state index in [0.717, 1.165) is 53.5 Å². The van der Waals surface area contributed by atoms with Crippen molar-refractivity contribution in [3.8, 4) is 0 Å². The summed E-state index contributed by atoms with van der Waals surface area (Å²) in [6.07, 6.45) is 10.8. The molecule has 1 aliphatic heterocycles. The second kappa shape index (κ2) is 11.4. The van der Waals surface area contributed by atoms with E-state index >= 15 is 0 Å². The van der Waals surface area contributed by atoms with Gasteiger partial charge in [-0.25, -0.2) is 9.97 Å².